The highest BCUT2D eigenvalue weighted by molar-refractivity contribution is 7.89. The van der Waals surface area contributed by atoms with Crippen LogP contribution >= 0.6 is 11.6 Å². The first-order valence-corrected chi connectivity index (χ1v) is 10.3. The lowest BCUT2D eigenvalue weighted by Gasteiger charge is -2.26. The zero-order valence-electron chi connectivity index (χ0n) is 14.8. The molecule has 0 spiro atoms. The number of hydrogen-bond acceptors (Lipinski definition) is 6. The van der Waals surface area contributed by atoms with Crippen LogP contribution in [0.4, 0.5) is 0 Å². The number of hydrogen-bond donors (Lipinski definition) is 0. The monoisotopic (exact) mass is 420 g/mol. The lowest BCUT2D eigenvalue weighted by molar-refractivity contribution is 0.0472. The molecule has 0 amide bonds. The van der Waals surface area contributed by atoms with Crippen molar-refractivity contribution in [2.75, 3.05) is 26.3 Å². The molecule has 28 heavy (non-hydrogen) atoms. The molecule has 2 aromatic rings. The first kappa shape index (κ1) is 20.3. The van der Waals surface area contributed by atoms with Crippen LogP contribution < -0.4 is 0 Å². The molecule has 9 heteroatoms. The van der Waals surface area contributed by atoms with E-state index in [2.05, 4.69) is 0 Å². The van der Waals surface area contributed by atoms with Crippen LogP contribution in [-0.2, 0) is 26.1 Å². The Kier molecular flexibility index (Phi) is 6.31. The van der Waals surface area contributed by atoms with Crippen LogP contribution in [0, 0.1) is 11.3 Å². The summed E-state index contributed by atoms with van der Waals surface area (Å²) in [5.41, 5.74) is 0.891. The SMILES string of the molecule is N#Cc1ccccc1COC(=O)c1cc(S(=O)(=O)N2CCOCC2)ccc1Cl. The summed E-state index contributed by atoms with van der Waals surface area (Å²) in [7, 11) is -3.77. The average molecular weight is 421 g/mol. The summed E-state index contributed by atoms with van der Waals surface area (Å²) < 4.78 is 37.3. The second kappa shape index (κ2) is 8.71. The molecule has 0 unspecified atom stereocenters. The first-order chi connectivity index (χ1) is 13.4. The maximum absolute atomic E-state index is 12.8. The third-order valence-electron chi connectivity index (χ3n) is 4.26. The third-order valence-corrected chi connectivity index (χ3v) is 6.49. The average Bonchev–Trinajstić information content (AvgIpc) is 2.73. The molecule has 1 fully saturated rings. The van der Waals surface area contributed by atoms with Crippen LogP contribution in [0.3, 0.4) is 0 Å². The standard InChI is InChI=1S/C19H17ClN2O5S/c20-18-6-5-16(28(24,25)22-7-9-26-10-8-22)11-17(18)19(23)27-13-15-4-2-1-3-14(15)12-21/h1-6,11H,7-10,13H2. The smallest absolute Gasteiger partial charge is 0.340 e. The van der Waals surface area contributed by atoms with Gasteiger partial charge in [0.2, 0.25) is 10.0 Å². The number of carbonyl (C=O) groups excluding carboxylic acids is 1. The minimum absolute atomic E-state index is 0.0387. The van der Waals surface area contributed by atoms with Crippen LogP contribution in [0.5, 0.6) is 0 Å². The van der Waals surface area contributed by atoms with Crippen molar-refractivity contribution in [2.45, 2.75) is 11.5 Å². The molecular weight excluding hydrogens is 404 g/mol. The van der Waals surface area contributed by atoms with Gasteiger partial charge in [0, 0.05) is 18.7 Å². The fraction of sp³-hybridized carbons (Fsp3) is 0.263. The van der Waals surface area contributed by atoms with Crippen LogP contribution in [-0.4, -0.2) is 45.0 Å². The molecule has 0 radical (unpaired) electrons. The van der Waals surface area contributed by atoms with Crippen molar-refractivity contribution in [1.82, 2.24) is 4.31 Å². The van der Waals surface area contributed by atoms with E-state index < -0.39 is 16.0 Å². The van der Waals surface area contributed by atoms with Gasteiger partial charge in [0.25, 0.3) is 0 Å². The number of esters is 1. The third kappa shape index (κ3) is 4.34. The number of carbonyl (C=O) groups is 1. The Labute approximate surface area is 168 Å². The Morgan fingerprint density at radius 1 is 1.21 bits per heavy atom. The minimum atomic E-state index is -3.77. The van der Waals surface area contributed by atoms with E-state index in [0.29, 0.717) is 24.3 Å². The molecule has 146 valence electrons. The molecule has 0 saturated carbocycles. The van der Waals surface area contributed by atoms with E-state index in [1.54, 1.807) is 24.3 Å². The van der Waals surface area contributed by atoms with Crippen molar-refractivity contribution in [3.05, 3.63) is 64.2 Å². The van der Waals surface area contributed by atoms with Gasteiger partial charge in [0.1, 0.15) is 6.61 Å². The van der Waals surface area contributed by atoms with E-state index in [9.17, 15) is 13.2 Å². The van der Waals surface area contributed by atoms with Crippen LogP contribution in [0.15, 0.2) is 47.4 Å². The van der Waals surface area contributed by atoms with Crippen molar-refractivity contribution in [3.8, 4) is 6.07 Å². The molecule has 0 N–H and O–H groups in total. The number of sulfonamides is 1. The van der Waals surface area contributed by atoms with E-state index in [0.717, 1.165) is 0 Å². The van der Waals surface area contributed by atoms with Gasteiger partial charge >= 0.3 is 5.97 Å². The van der Waals surface area contributed by atoms with E-state index in [1.807, 2.05) is 6.07 Å². The van der Waals surface area contributed by atoms with Crippen molar-refractivity contribution < 1.29 is 22.7 Å². The molecule has 7 nitrogen and oxygen atoms in total. The largest absolute Gasteiger partial charge is 0.457 e. The summed E-state index contributed by atoms with van der Waals surface area (Å²) in [6.07, 6.45) is 0. The number of morpholine rings is 1. The second-order valence-electron chi connectivity index (χ2n) is 6.00. The highest BCUT2D eigenvalue weighted by Crippen LogP contribution is 2.24. The summed E-state index contributed by atoms with van der Waals surface area (Å²) in [4.78, 5) is 12.4. The molecule has 0 aromatic heterocycles. The van der Waals surface area contributed by atoms with Gasteiger partial charge < -0.3 is 9.47 Å². The minimum Gasteiger partial charge on any atom is -0.457 e. The van der Waals surface area contributed by atoms with Gasteiger partial charge in [-0.3, -0.25) is 0 Å². The van der Waals surface area contributed by atoms with Gasteiger partial charge in [-0.05, 0) is 24.3 Å². The zero-order valence-corrected chi connectivity index (χ0v) is 16.4. The molecular formula is C19H17ClN2O5S. The lowest BCUT2D eigenvalue weighted by Crippen LogP contribution is -2.40. The second-order valence-corrected chi connectivity index (χ2v) is 8.35. The van der Waals surface area contributed by atoms with Crippen molar-refractivity contribution >= 4 is 27.6 Å². The Hall–Kier alpha value is -2.44. The number of rotatable bonds is 5. The molecule has 2 aromatic carbocycles. The summed E-state index contributed by atoms with van der Waals surface area (Å²) in [6.45, 7) is 1.00. The van der Waals surface area contributed by atoms with E-state index in [4.69, 9.17) is 26.3 Å². The number of nitriles is 1. The maximum atomic E-state index is 12.8. The van der Waals surface area contributed by atoms with Gasteiger partial charge in [0.05, 0.1) is 40.3 Å². The predicted molar refractivity (Wildman–Crippen MR) is 101 cm³/mol. The van der Waals surface area contributed by atoms with Crippen molar-refractivity contribution in [3.63, 3.8) is 0 Å². The summed E-state index contributed by atoms with van der Waals surface area (Å²) in [5.74, 6) is -0.767. The molecule has 3 rings (SSSR count). The fourth-order valence-corrected chi connectivity index (χ4v) is 4.36. The number of nitrogens with zero attached hydrogens (tertiary/aromatic N) is 2. The van der Waals surface area contributed by atoms with E-state index in [1.165, 1.54) is 22.5 Å². The lowest BCUT2D eigenvalue weighted by atomic mass is 10.1. The van der Waals surface area contributed by atoms with Crippen molar-refractivity contribution in [1.29, 1.82) is 5.26 Å². The Morgan fingerprint density at radius 2 is 1.93 bits per heavy atom. The topological polar surface area (TPSA) is 96.7 Å². The van der Waals surface area contributed by atoms with Gasteiger partial charge in [-0.2, -0.15) is 9.57 Å². The number of ether oxygens (including phenoxy) is 2. The maximum Gasteiger partial charge on any atom is 0.340 e. The molecule has 1 aliphatic heterocycles. The van der Waals surface area contributed by atoms with Gasteiger partial charge in [-0.25, -0.2) is 13.2 Å². The Balaban J connectivity index is 1.81. The molecule has 1 heterocycles. The Bertz CT molecular complexity index is 1030. The molecule has 1 aliphatic rings. The van der Waals surface area contributed by atoms with Gasteiger partial charge in [-0.1, -0.05) is 29.8 Å². The van der Waals surface area contributed by atoms with E-state index in [-0.39, 0.29) is 35.2 Å². The normalized spacial score (nSPS) is 15.0. The molecule has 1 saturated heterocycles. The summed E-state index contributed by atoms with van der Waals surface area (Å²) >= 11 is 6.09. The molecule has 0 aliphatic carbocycles. The summed E-state index contributed by atoms with van der Waals surface area (Å²) in [5, 5.41) is 9.19. The first-order valence-electron chi connectivity index (χ1n) is 8.46. The quantitative estimate of drug-likeness (QED) is 0.690. The number of benzene rings is 2. The van der Waals surface area contributed by atoms with Gasteiger partial charge in [0.15, 0.2) is 0 Å². The summed E-state index contributed by atoms with van der Waals surface area (Å²) in [6, 6.07) is 12.7. The molecule has 0 bridgehead atoms. The Morgan fingerprint density at radius 3 is 2.64 bits per heavy atom. The highest BCUT2D eigenvalue weighted by Gasteiger charge is 2.28. The van der Waals surface area contributed by atoms with Crippen LogP contribution in [0.2, 0.25) is 5.02 Å². The number of halogens is 1. The van der Waals surface area contributed by atoms with E-state index >= 15 is 0 Å². The van der Waals surface area contributed by atoms with Gasteiger partial charge in [-0.15, -0.1) is 0 Å². The van der Waals surface area contributed by atoms with Crippen LogP contribution in [0.25, 0.3) is 0 Å². The van der Waals surface area contributed by atoms with Crippen LogP contribution in [0.1, 0.15) is 21.5 Å². The predicted octanol–water partition coefficient (Wildman–Crippen LogP) is 2.59. The zero-order chi connectivity index (χ0) is 20.1. The molecule has 0 atom stereocenters. The highest BCUT2D eigenvalue weighted by atomic mass is 35.5. The van der Waals surface area contributed by atoms with Crippen molar-refractivity contribution in [2.24, 2.45) is 0 Å². The fourth-order valence-electron chi connectivity index (χ4n) is 2.73.